The second-order valence-electron chi connectivity index (χ2n) is 2.81. The Morgan fingerprint density at radius 3 is 2.15 bits per heavy atom. The predicted molar refractivity (Wildman–Crippen MR) is 46.5 cm³/mol. The maximum atomic E-state index is 9.20. The molecule has 1 aliphatic heterocycles. The molecule has 0 saturated carbocycles. The quantitative estimate of drug-likeness (QED) is 0.287. The van der Waals surface area contributed by atoms with Crippen molar-refractivity contribution >= 4 is 37.7 Å². The van der Waals surface area contributed by atoms with Crippen LogP contribution in [0.5, 0.6) is 0 Å². The Bertz CT molecular complexity index is 155. The van der Waals surface area contributed by atoms with Gasteiger partial charge < -0.3 is 30.9 Å². The number of hydrogen-bond acceptors (Lipinski definition) is 6. The first kappa shape index (κ1) is 14.0. The molecule has 0 aromatic carbocycles. The van der Waals surface area contributed by atoms with E-state index in [1.54, 1.807) is 0 Å². The van der Waals surface area contributed by atoms with E-state index in [0.29, 0.717) is 0 Å². The molecular formula is C6H15CaNO5. The molecule has 6 nitrogen and oxygen atoms in total. The van der Waals surface area contributed by atoms with Gasteiger partial charge in [0.05, 0.1) is 12.6 Å². The zero-order valence-electron chi connectivity index (χ0n) is 6.37. The molecule has 6 N–H and O–H groups in total. The standard InChI is InChI=1S/C6H13NO5.Ca.2H/c7-3-5(10)4(9)2(1-8)12-6(3)11;;;/h2-6,8-11H,1,7H2;;;/t2-,3-,4-,5-,6-;;;/m1.../s1. The van der Waals surface area contributed by atoms with Crippen LogP contribution in [0.4, 0.5) is 0 Å². The normalized spacial score (nSPS) is 45.5. The summed E-state index contributed by atoms with van der Waals surface area (Å²) in [6.45, 7) is -0.470. The Labute approximate surface area is 105 Å². The van der Waals surface area contributed by atoms with Crippen molar-refractivity contribution in [1.82, 2.24) is 0 Å². The van der Waals surface area contributed by atoms with Crippen molar-refractivity contribution in [3.8, 4) is 0 Å². The summed E-state index contributed by atoms with van der Waals surface area (Å²) in [7, 11) is 0. The van der Waals surface area contributed by atoms with E-state index in [2.05, 4.69) is 0 Å². The number of aliphatic hydroxyl groups is 4. The van der Waals surface area contributed by atoms with Crippen LogP contribution in [0.1, 0.15) is 0 Å². The topological polar surface area (TPSA) is 116 Å². The molecule has 0 bridgehead atoms. The van der Waals surface area contributed by atoms with Gasteiger partial charge in [0.15, 0.2) is 6.29 Å². The average Bonchev–Trinajstić information content (AvgIpc) is 2.08. The first-order valence-corrected chi connectivity index (χ1v) is 3.64. The summed E-state index contributed by atoms with van der Waals surface area (Å²) < 4.78 is 4.70. The third kappa shape index (κ3) is 2.98. The fraction of sp³-hybridized carbons (Fsp3) is 1.00. The van der Waals surface area contributed by atoms with Gasteiger partial charge in [-0.2, -0.15) is 0 Å². The Kier molecular flexibility index (Phi) is 6.25. The average molecular weight is 221 g/mol. The van der Waals surface area contributed by atoms with Gasteiger partial charge in [-0.3, -0.25) is 0 Å². The fourth-order valence-electron chi connectivity index (χ4n) is 1.12. The van der Waals surface area contributed by atoms with Gasteiger partial charge >= 0.3 is 37.7 Å². The molecule has 0 aromatic heterocycles. The Hall–Kier alpha value is 1.02. The molecule has 1 rings (SSSR count). The van der Waals surface area contributed by atoms with Crippen LogP contribution in [0.25, 0.3) is 0 Å². The maximum absolute atomic E-state index is 9.20. The third-order valence-corrected chi connectivity index (χ3v) is 1.95. The summed E-state index contributed by atoms with van der Waals surface area (Å²) in [6, 6.07) is -1.04. The first-order valence-electron chi connectivity index (χ1n) is 3.64. The van der Waals surface area contributed by atoms with E-state index < -0.39 is 37.3 Å². The molecule has 1 fully saturated rings. The number of ether oxygens (including phenoxy) is 1. The van der Waals surface area contributed by atoms with E-state index in [-0.39, 0.29) is 37.7 Å². The van der Waals surface area contributed by atoms with Crippen LogP contribution in [-0.4, -0.2) is 95.4 Å². The second kappa shape index (κ2) is 5.79. The van der Waals surface area contributed by atoms with Crippen LogP contribution in [0.2, 0.25) is 0 Å². The van der Waals surface area contributed by atoms with Crippen molar-refractivity contribution in [3.05, 3.63) is 0 Å². The summed E-state index contributed by atoms with van der Waals surface area (Å²) in [5, 5.41) is 36.1. The molecule has 1 aliphatic rings. The van der Waals surface area contributed by atoms with Crippen LogP contribution in [0.15, 0.2) is 0 Å². The predicted octanol–water partition coefficient (Wildman–Crippen LogP) is -4.17. The molecule has 1 saturated heterocycles. The van der Waals surface area contributed by atoms with Crippen LogP contribution >= 0.6 is 0 Å². The minimum atomic E-state index is -1.35. The van der Waals surface area contributed by atoms with Gasteiger partial charge in [-0.25, -0.2) is 0 Å². The van der Waals surface area contributed by atoms with Crippen LogP contribution in [0.3, 0.4) is 0 Å². The van der Waals surface area contributed by atoms with Crippen molar-refractivity contribution in [2.45, 2.75) is 30.6 Å². The summed E-state index contributed by atoms with van der Waals surface area (Å²) in [4.78, 5) is 0. The van der Waals surface area contributed by atoms with E-state index in [9.17, 15) is 10.2 Å². The Morgan fingerprint density at radius 1 is 1.15 bits per heavy atom. The SMILES string of the molecule is N[C@@H]1[C@@H](O)[C@H](O)[C@@H](CO)O[C@H]1O.[CaH2]. The van der Waals surface area contributed by atoms with Gasteiger partial charge in [-0.15, -0.1) is 0 Å². The summed E-state index contributed by atoms with van der Waals surface area (Å²) in [5.41, 5.74) is 5.26. The zero-order chi connectivity index (χ0) is 9.30. The molecule has 76 valence electrons. The van der Waals surface area contributed by atoms with Crippen LogP contribution < -0.4 is 5.73 Å². The van der Waals surface area contributed by atoms with Crippen LogP contribution in [0, 0.1) is 0 Å². The molecule has 0 aliphatic carbocycles. The molecule has 5 atom stereocenters. The van der Waals surface area contributed by atoms with Crippen LogP contribution in [-0.2, 0) is 4.74 Å². The first-order chi connectivity index (χ1) is 5.57. The van der Waals surface area contributed by atoms with Crippen molar-refractivity contribution < 1.29 is 25.2 Å². The molecule has 0 amide bonds. The van der Waals surface area contributed by atoms with Gasteiger partial charge in [0.25, 0.3) is 0 Å². The van der Waals surface area contributed by atoms with E-state index in [1.807, 2.05) is 0 Å². The Morgan fingerprint density at radius 2 is 1.69 bits per heavy atom. The second-order valence-corrected chi connectivity index (χ2v) is 2.81. The van der Waals surface area contributed by atoms with Crippen molar-refractivity contribution in [3.63, 3.8) is 0 Å². The molecule has 0 unspecified atom stereocenters. The summed E-state index contributed by atoms with van der Waals surface area (Å²) in [6.07, 6.45) is -4.85. The van der Waals surface area contributed by atoms with Gasteiger partial charge in [-0.05, 0) is 0 Å². The van der Waals surface area contributed by atoms with Gasteiger partial charge in [-0.1, -0.05) is 0 Å². The molecule has 0 radical (unpaired) electrons. The van der Waals surface area contributed by atoms with Crippen molar-refractivity contribution in [2.24, 2.45) is 5.73 Å². The van der Waals surface area contributed by atoms with Gasteiger partial charge in [0, 0.05) is 0 Å². The molecule has 7 heteroatoms. The van der Waals surface area contributed by atoms with Gasteiger partial charge in [0.2, 0.25) is 0 Å². The number of nitrogens with two attached hydrogens (primary N) is 1. The molecule has 13 heavy (non-hydrogen) atoms. The van der Waals surface area contributed by atoms with E-state index in [4.69, 9.17) is 20.7 Å². The van der Waals surface area contributed by atoms with E-state index in [0.717, 1.165) is 0 Å². The third-order valence-electron chi connectivity index (χ3n) is 1.95. The van der Waals surface area contributed by atoms with Crippen molar-refractivity contribution in [2.75, 3.05) is 6.61 Å². The minimum absolute atomic E-state index is 0. The molecular weight excluding hydrogens is 206 g/mol. The fourth-order valence-corrected chi connectivity index (χ4v) is 1.12. The number of aliphatic hydroxyl groups excluding tert-OH is 4. The number of rotatable bonds is 1. The summed E-state index contributed by atoms with van der Waals surface area (Å²) >= 11 is 0. The van der Waals surface area contributed by atoms with E-state index >= 15 is 0 Å². The summed E-state index contributed by atoms with van der Waals surface area (Å²) in [5.74, 6) is 0. The number of hydrogen-bond donors (Lipinski definition) is 5. The molecule has 0 spiro atoms. The van der Waals surface area contributed by atoms with E-state index in [1.165, 1.54) is 0 Å². The Balaban J connectivity index is 0.00000144. The van der Waals surface area contributed by atoms with Gasteiger partial charge in [0.1, 0.15) is 18.3 Å². The molecule has 0 aromatic rings. The zero-order valence-corrected chi connectivity index (χ0v) is 6.37. The monoisotopic (exact) mass is 221 g/mol. The van der Waals surface area contributed by atoms with Crippen molar-refractivity contribution in [1.29, 1.82) is 0 Å². The molecule has 1 heterocycles.